The van der Waals surface area contributed by atoms with Gasteiger partial charge in [0.1, 0.15) is 17.3 Å². The van der Waals surface area contributed by atoms with E-state index >= 15 is 0 Å². The van der Waals surface area contributed by atoms with Crippen molar-refractivity contribution in [3.05, 3.63) is 53.6 Å². The van der Waals surface area contributed by atoms with Crippen molar-refractivity contribution in [2.45, 2.75) is 6.92 Å². The zero-order valence-electron chi connectivity index (χ0n) is 11.1. The summed E-state index contributed by atoms with van der Waals surface area (Å²) in [5.74, 6) is -0.957. The molecule has 0 saturated carbocycles. The number of hydrogen-bond acceptors (Lipinski definition) is 4. The molecule has 0 atom stereocenters. The highest BCUT2D eigenvalue weighted by Gasteiger charge is 2.17. The summed E-state index contributed by atoms with van der Waals surface area (Å²) in [6.45, 7) is 1.84. The maximum Gasteiger partial charge on any atom is 0.189 e. The van der Waals surface area contributed by atoms with Crippen molar-refractivity contribution in [2.75, 3.05) is 5.73 Å². The Bertz CT molecular complexity index is 796. The lowest BCUT2D eigenvalue weighted by molar-refractivity contribution is 0.584. The van der Waals surface area contributed by atoms with Gasteiger partial charge in [0.2, 0.25) is 0 Å². The molecular weight excluding hydrogens is 276 g/mol. The van der Waals surface area contributed by atoms with Crippen LogP contribution >= 0.6 is 0 Å². The van der Waals surface area contributed by atoms with Crippen molar-refractivity contribution in [2.24, 2.45) is 0 Å². The van der Waals surface area contributed by atoms with Crippen LogP contribution in [0.1, 0.15) is 5.56 Å². The molecule has 21 heavy (non-hydrogen) atoms. The van der Waals surface area contributed by atoms with E-state index in [2.05, 4.69) is 15.5 Å². The van der Waals surface area contributed by atoms with E-state index in [1.54, 1.807) is 12.1 Å². The lowest BCUT2D eigenvalue weighted by Gasteiger charge is -2.09. The fourth-order valence-electron chi connectivity index (χ4n) is 2.04. The fourth-order valence-corrected chi connectivity index (χ4v) is 2.04. The van der Waals surface area contributed by atoms with Crippen LogP contribution in [0, 0.1) is 18.6 Å². The minimum Gasteiger partial charge on any atom is -0.398 e. The highest BCUT2D eigenvalue weighted by Crippen LogP contribution is 2.28. The second kappa shape index (κ2) is 4.93. The Hall–Kier alpha value is -2.83. The van der Waals surface area contributed by atoms with Gasteiger partial charge in [-0.2, -0.15) is 4.68 Å². The molecule has 106 valence electrons. The Morgan fingerprint density at radius 2 is 1.95 bits per heavy atom. The molecule has 2 aromatic carbocycles. The predicted molar refractivity (Wildman–Crippen MR) is 73.7 cm³/mol. The first-order valence-electron chi connectivity index (χ1n) is 6.17. The number of hydrogen-bond donors (Lipinski definition) is 1. The van der Waals surface area contributed by atoms with E-state index in [0.717, 1.165) is 28.4 Å². The Morgan fingerprint density at radius 3 is 2.76 bits per heavy atom. The van der Waals surface area contributed by atoms with Crippen LogP contribution in [0.15, 0.2) is 36.4 Å². The molecule has 0 aliphatic carbocycles. The highest BCUT2D eigenvalue weighted by molar-refractivity contribution is 5.74. The average molecular weight is 287 g/mol. The van der Waals surface area contributed by atoms with Crippen LogP contribution in [-0.4, -0.2) is 20.2 Å². The number of rotatable bonds is 2. The van der Waals surface area contributed by atoms with Crippen molar-refractivity contribution in [1.29, 1.82) is 0 Å². The van der Waals surface area contributed by atoms with Gasteiger partial charge in [0.05, 0.1) is 0 Å². The maximum absolute atomic E-state index is 13.9. The quantitative estimate of drug-likeness (QED) is 0.735. The van der Waals surface area contributed by atoms with Crippen LogP contribution in [0.3, 0.4) is 0 Å². The van der Waals surface area contributed by atoms with E-state index in [4.69, 9.17) is 5.73 Å². The molecule has 0 aliphatic heterocycles. The number of aromatic nitrogens is 4. The van der Waals surface area contributed by atoms with Gasteiger partial charge < -0.3 is 5.73 Å². The maximum atomic E-state index is 13.9. The van der Waals surface area contributed by atoms with Gasteiger partial charge in [-0.1, -0.05) is 12.1 Å². The molecule has 3 aromatic rings. The van der Waals surface area contributed by atoms with Crippen molar-refractivity contribution >= 4 is 5.69 Å². The second-order valence-electron chi connectivity index (χ2n) is 4.55. The van der Waals surface area contributed by atoms with Crippen LogP contribution in [-0.2, 0) is 0 Å². The van der Waals surface area contributed by atoms with E-state index < -0.39 is 11.6 Å². The smallest absolute Gasteiger partial charge is 0.189 e. The Balaban J connectivity index is 2.22. The first-order chi connectivity index (χ1) is 10.1. The van der Waals surface area contributed by atoms with E-state index in [1.165, 1.54) is 0 Å². The molecule has 2 N–H and O–H groups in total. The largest absolute Gasteiger partial charge is 0.398 e. The summed E-state index contributed by atoms with van der Waals surface area (Å²) in [7, 11) is 0. The topological polar surface area (TPSA) is 69.6 Å². The average Bonchev–Trinajstić information content (AvgIpc) is 2.93. The van der Waals surface area contributed by atoms with E-state index in [1.807, 2.05) is 13.0 Å². The molecule has 0 amide bonds. The van der Waals surface area contributed by atoms with Gasteiger partial charge in [-0.3, -0.25) is 0 Å². The zero-order valence-corrected chi connectivity index (χ0v) is 11.1. The SMILES string of the molecule is Cc1cccc(-c2nnnn2-c2cc(F)ccc2F)c1N. The van der Waals surface area contributed by atoms with Gasteiger partial charge in [-0.25, -0.2) is 8.78 Å². The minimum atomic E-state index is -0.629. The number of para-hydroxylation sites is 1. The summed E-state index contributed by atoms with van der Waals surface area (Å²) in [6, 6.07) is 8.44. The Kier molecular flexibility index (Phi) is 3.09. The van der Waals surface area contributed by atoms with E-state index in [9.17, 15) is 8.78 Å². The van der Waals surface area contributed by atoms with Crippen molar-refractivity contribution in [3.8, 4) is 17.1 Å². The summed E-state index contributed by atoms with van der Waals surface area (Å²) in [4.78, 5) is 0. The van der Waals surface area contributed by atoms with Crippen LogP contribution in [0.4, 0.5) is 14.5 Å². The number of halogens is 2. The van der Waals surface area contributed by atoms with Crippen LogP contribution in [0.25, 0.3) is 17.1 Å². The monoisotopic (exact) mass is 287 g/mol. The highest BCUT2D eigenvalue weighted by atomic mass is 19.1. The molecule has 1 aromatic heterocycles. The summed E-state index contributed by atoms with van der Waals surface area (Å²) >= 11 is 0. The van der Waals surface area contributed by atoms with Gasteiger partial charge in [0.25, 0.3) is 0 Å². The molecular formula is C14H11F2N5. The number of nitrogens with two attached hydrogens (primary N) is 1. The predicted octanol–water partition coefficient (Wildman–Crippen LogP) is 2.50. The molecule has 0 fully saturated rings. The molecule has 0 spiro atoms. The van der Waals surface area contributed by atoms with Gasteiger partial charge in [-0.05, 0) is 41.1 Å². The Morgan fingerprint density at radius 1 is 1.14 bits per heavy atom. The number of nitrogens with zero attached hydrogens (tertiary/aromatic N) is 4. The molecule has 0 saturated heterocycles. The zero-order chi connectivity index (χ0) is 15.0. The van der Waals surface area contributed by atoms with Crippen LogP contribution in [0.5, 0.6) is 0 Å². The molecule has 7 heteroatoms. The summed E-state index contributed by atoms with van der Waals surface area (Å²) in [5, 5.41) is 11.1. The first-order valence-corrected chi connectivity index (χ1v) is 6.17. The third-order valence-electron chi connectivity index (χ3n) is 3.17. The third-order valence-corrected chi connectivity index (χ3v) is 3.17. The molecule has 0 bridgehead atoms. The van der Waals surface area contributed by atoms with Gasteiger partial charge >= 0.3 is 0 Å². The summed E-state index contributed by atoms with van der Waals surface area (Å²) in [5.41, 5.74) is 7.84. The number of tetrazole rings is 1. The van der Waals surface area contributed by atoms with E-state index in [-0.39, 0.29) is 11.5 Å². The number of anilines is 1. The number of aryl methyl sites for hydroxylation is 1. The second-order valence-corrected chi connectivity index (χ2v) is 4.55. The molecule has 0 radical (unpaired) electrons. The molecule has 5 nitrogen and oxygen atoms in total. The molecule has 0 unspecified atom stereocenters. The lowest BCUT2D eigenvalue weighted by Crippen LogP contribution is -2.05. The lowest BCUT2D eigenvalue weighted by atomic mass is 10.1. The summed E-state index contributed by atoms with van der Waals surface area (Å²) < 4.78 is 28.4. The van der Waals surface area contributed by atoms with E-state index in [0.29, 0.717) is 11.3 Å². The Labute approximate surface area is 119 Å². The minimum absolute atomic E-state index is 0.0732. The van der Waals surface area contributed by atoms with Crippen LogP contribution in [0.2, 0.25) is 0 Å². The number of benzene rings is 2. The fraction of sp³-hybridized carbons (Fsp3) is 0.0714. The van der Waals surface area contributed by atoms with Gasteiger partial charge in [0, 0.05) is 17.3 Å². The third kappa shape index (κ3) is 2.22. The van der Waals surface area contributed by atoms with Crippen molar-refractivity contribution < 1.29 is 8.78 Å². The molecule has 0 aliphatic rings. The normalized spacial score (nSPS) is 10.8. The first kappa shape index (κ1) is 13.2. The van der Waals surface area contributed by atoms with Crippen molar-refractivity contribution in [1.82, 2.24) is 20.2 Å². The van der Waals surface area contributed by atoms with Crippen molar-refractivity contribution in [3.63, 3.8) is 0 Å². The standard InChI is InChI=1S/C14H11F2N5/c1-8-3-2-4-10(13(8)17)14-18-19-20-21(14)12-7-9(15)5-6-11(12)16/h2-7H,17H2,1H3. The summed E-state index contributed by atoms with van der Waals surface area (Å²) in [6.07, 6.45) is 0. The van der Waals surface area contributed by atoms with Gasteiger partial charge in [0.15, 0.2) is 5.82 Å². The molecule has 3 rings (SSSR count). The molecule has 1 heterocycles. The number of nitrogen functional groups attached to an aromatic ring is 1. The van der Waals surface area contributed by atoms with Crippen LogP contribution < -0.4 is 5.73 Å². The van der Waals surface area contributed by atoms with Gasteiger partial charge in [-0.15, -0.1) is 5.10 Å².